The molecule has 0 saturated carbocycles. The Bertz CT molecular complexity index is 3110. The summed E-state index contributed by atoms with van der Waals surface area (Å²) in [4.78, 5) is 2.45. The second kappa shape index (κ2) is 12.3. The van der Waals surface area contributed by atoms with Crippen LogP contribution in [0, 0.1) is 0 Å². The van der Waals surface area contributed by atoms with E-state index in [9.17, 15) is 0 Å². The van der Waals surface area contributed by atoms with Gasteiger partial charge in [-0.3, -0.25) is 0 Å². The Labute approximate surface area is 325 Å². The number of nitrogens with zero attached hydrogens (tertiary/aromatic N) is 1. The topological polar surface area (TPSA) is 3.24 Å². The lowest BCUT2D eigenvalue weighted by Crippen LogP contribution is -2.16. The van der Waals surface area contributed by atoms with Gasteiger partial charge in [-0.1, -0.05) is 147 Å². The number of hydrogen-bond donors (Lipinski definition) is 0. The summed E-state index contributed by atoms with van der Waals surface area (Å²) in [5, 5.41) is 7.73. The van der Waals surface area contributed by atoms with Crippen LogP contribution < -0.4 is 4.90 Å². The minimum absolute atomic E-state index is 0.0979. The minimum atomic E-state index is -0.0979. The van der Waals surface area contributed by atoms with E-state index in [0.717, 1.165) is 17.1 Å². The van der Waals surface area contributed by atoms with Crippen LogP contribution in [0.1, 0.15) is 25.0 Å². The lowest BCUT2D eigenvalue weighted by molar-refractivity contribution is 0.660. The molecule has 0 atom stereocenters. The van der Waals surface area contributed by atoms with E-state index in [1.807, 2.05) is 11.3 Å². The third kappa shape index (κ3) is 5.06. The summed E-state index contributed by atoms with van der Waals surface area (Å²) in [5.74, 6) is 0. The van der Waals surface area contributed by atoms with Crippen molar-refractivity contribution >= 4 is 70.1 Å². The molecule has 0 N–H and O–H groups in total. The van der Waals surface area contributed by atoms with Gasteiger partial charge in [-0.25, -0.2) is 0 Å². The molecule has 0 radical (unpaired) electrons. The maximum Gasteiger partial charge on any atom is 0.0468 e. The Kier molecular flexibility index (Phi) is 7.14. The van der Waals surface area contributed by atoms with Crippen molar-refractivity contribution in [2.45, 2.75) is 19.3 Å². The summed E-state index contributed by atoms with van der Waals surface area (Å²) >= 11 is 1.88. The third-order valence-electron chi connectivity index (χ3n) is 11.9. The minimum Gasteiger partial charge on any atom is -0.310 e. The second-order valence-corrected chi connectivity index (χ2v) is 16.4. The molecular weight excluding hydrogens is 683 g/mol. The first kappa shape index (κ1) is 32.0. The molecule has 260 valence electrons. The molecule has 1 aromatic heterocycles. The van der Waals surface area contributed by atoms with Crippen molar-refractivity contribution in [1.82, 2.24) is 0 Å². The maximum absolute atomic E-state index is 2.45. The van der Waals surface area contributed by atoms with Gasteiger partial charge in [-0.2, -0.15) is 0 Å². The number of anilines is 3. The molecule has 1 aliphatic carbocycles. The molecule has 9 aromatic carbocycles. The smallest absolute Gasteiger partial charge is 0.0468 e. The van der Waals surface area contributed by atoms with Crippen molar-refractivity contribution in [2.75, 3.05) is 4.90 Å². The van der Waals surface area contributed by atoms with Gasteiger partial charge in [0.1, 0.15) is 0 Å². The lowest BCUT2D eigenvalue weighted by Gasteiger charge is -2.28. The Morgan fingerprint density at radius 3 is 1.93 bits per heavy atom. The zero-order chi connectivity index (χ0) is 36.7. The molecule has 0 fully saturated rings. The monoisotopic (exact) mass is 719 g/mol. The van der Waals surface area contributed by atoms with Crippen molar-refractivity contribution in [2.24, 2.45) is 0 Å². The zero-order valence-electron chi connectivity index (χ0n) is 30.8. The molecule has 0 spiro atoms. The van der Waals surface area contributed by atoms with Gasteiger partial charge >= 0.3 is 0 Å². The highest BCUT2D eigenvalue weighted by molar-refractivity contribution is 7.26. The van der Waals surface area contributed by atoms with Crippen LogP contribution in [0.4, 0.5) is 17.1 Å². The molecule has 2 heteroatoms. The molecule has 0 saturated heterocycles. The predicted molar refractivity (Wildman–Crippen MR) is 237 cm³/mol. The van der Waals surface area contributed by atoms with E-state index in [0.29, 0.717) is 0 Å². The van der Waals surface area contributed by atoms with E-state index in [2.05, 4.69) is 207 Å². The molecule has 11 rings (SSSR count). The molecule has 1 nitrogen and oxygen atoms in total. The van der Waals surface area contributed by atoms with Crippen LogP contribution in [-0.2, 0) is 5.41 Å². The lowest BCUT2D eigenvalue weighted by atomic mass is 9.82. The standard InChI is InChI=1S/C53H37NS/c1-53(2)48-17-9-8-15-45(48)46-29-26-41(33-49(46)53)54(39-24-21-35(22-25-39)34-11-4-3-5-12-34)40-27-30-50-47(32-40)52-44(16-10-18-51(52)55-50)38-23-28-43-37(31-38)20-19-36-13-6-7-14-42(36)43/h3-33H,1-2H3. The third-order valence-corrected chi connectivity index (χ3v) is 13.0. The van der Waals surface area contributed by atoms with Gasteiger partial charge in [0.2, 0.25) is 0 Å². The fraction of sp³-hybridized carbons (Fsp3) is 0.0566. The first-order chi connectivity index (χ1) is 27.0. The van der Waals surface area contributed by atoms with Crippen molar-refractivity contribution in [3.05, 3.63) is 199 Å². The number of fused-ring (bicyclic) bond motifs is 9. The predicted octanol–water partition coefficient (Wildman–Crippen LogP) is 15.5. The van der Waals surface area contributed by atoms with Gasteiger partial charge in [0.25, 0.3) is 0 Å². The van der Waals surface area contributed by atoms with E-state index >= 15 is 0 Å². The number of benzene rings is 9. The Balaban J connectivity index is 1.09. The fourth-order valence-electron chi connectivity index (χ4n) is 9.09. The number of rotatable bonds is 5. The van der Waals surface area contributed by atoms with Crippen molar-refractivity contribution in [3.63, 3.8) is 0 Å². The Morgan fingerprint density at radius 1 is 0.382 bits per heavy atom. The normalized spacial score (nSPS) is 13.1. The SMILES string of the molecule is CC1(C)c2ccccc2-c2ccc(N(c3ccc(-c4ccccc4)cc3)c3ccc4sc5cccc(-c6ccc7c(ccc8ccccc87)c6)c5c4c3)cc21. The van der Waals surface area contributed by atoms with Crippen molar-refractivity contribution in [3.8, 4) is 33.4 Å². The van der Waals surface area contributed by atoms with E-state index in [1.165, 1.54) is 86.2 Å². The average molecular weight is 720 g/mol. The molecule has 0 aliphatic heterocycles. The quantitative estimate of drug-likeness (QED) is 0.160. The second-order valence-electron chi connectivity index (χ2n) is 15.3. The summed E-state index contributed by atoms with van der Waals surface area (Å²) < 4.78 is 2.60. The van der Waals surface area contributed by atoms with Gasteiger partial charge in [0.05, 0.1) is 0 Å². The molecular formula is C53H37NS. The molecule has 1 heterocycles. The van der Waals surface area contributed by atoms with Crippen LogP contribution in [0.2, 0.25) is 0 Å². The highest BCUT2D eigenvalue weighted by Crippen LogP contribution is 2.51. The molecule has 55 heavy (non-hydrogen) atoms. The summed E-state index contributed by atoms with van der Waals surface area (Å²) in [6.45, 7) is 4.72. The van der Waals surface area contributed by atoms with Gasteiger partial charge in [0, 0.05) is 42.6 Å². The highest BCUT2D eigenvalue weighted by Gasteiger charge is 2.35. The van der Waals surface area contributed by atoms with Crippen molar-refractivity contribution < 1.29 is 0 Å². The average Bonchev–Trinajstić information content (AvgIpc) is 3.72. The first-order valence-corrected chi connectivity index (χ1v) is 19.9. The zero-order valence-corrected chi connectivity index (χ0v) is 31.6. The van der Waals surface area contributed by atoms with Crippen LogP contribution >= 0.6 is 11.3 Å². The van der Waals surface area contributed by atoms with Crippen LogP contribution in [0.15, 0.2) is 188 Å². The molecule has 0 amide bonds. The summed E-state index contributed by atoms with van der Waals surface area (Å²) in [6, 6.07) is 69.7. The number of thiophene rings is 1. The van der Waals surface area contributed by atoms with Crippen LogP contribution in [0.3, 0.4) is 0 Å². The highest BCUT2D eigenvalue weighted by atomic mass is 32.1. The molecule has 0 bridgehead atoms. The first-order valence-electron chi connectivity index (χ1n) is 19.1. The summed E-state index contributed by atoms with van der Waals surface area (Å²) in [7, 11) is 0. The van der Waals surface area contributed by atoms with E-state index < -0.39 is 0 Å². The van der Waals surface area contributed by atoms with Crippen LogP contribution in [0.5, 0.6) is 0 Å². The van der Waals surface area contributed by atoms with E-state index in [1.54, 1.807) is 0 Å². The number of hydrogen-bond acceptors (Lipinski definition) is 2. The maximum atomic E-state index is 2.45. The van der Waals surface area contributed by atoms with E-state index in [-0.39, 0.29) is 5.41 Å². The van der Waals surface area contributed by atoms with Gasteiger partial charge in [-0.15, -0.1) is 11.3 Å². The van der Waals surface area contributed by atoms with Crippen LogP contribution in [-0.4, -0.2) is 0 Å². The molecule has 1 aliphatic rings. The molecule has 10 aromatic rings. The largest absolute Gasteiger partial charge is 0.310 e. The van der Waals surface area contributed by atoms with E-state index in [4.69, 9.17) is 0 Å². The Hall–Kier alpha value is -6.48. The molecule has 0 unspecified atom stereocenters. The Morgan fingerprint density at radius 2 is 1.04 bits per heavy atom. The summed E-state index contributed by atoms with van der Waals surface area (Å²) in [6.07, 6.45) is 0. The van der Waals surface area contributed by atoms with Gasteiger partial charge in [0.15, 0.2) is 0 Å². The van der Waals surface area contributed by atoms with Gasteiger partial charge in [-0.05, 0) is 121 Å². The van der Waals surface area contributed by atoms with Crippen molar-refractivity contribution in [1.29, 1.82) is 0 Å². The van der Waals surface area contributed by atoms with Gasteiger partial charge < -0.3 is 4.90 Å². The fourth-order valence-corrected chi connectivity index (χ4v) is 10.2. The summed E-state index contributed by atoms with van der Waals surface area (Å²) in [5.41, 5.74) is 13.7. The van der Waals surface area contributed by atoms with Crippen LogP contribution in [0.25, 0.3) is 75.1 Å².